The second kappa shape index (κ2) is 5.78. The second-order valence-corrected chi connectivity index (χ2v) is 5.19. The molecule has 1 amide bonds. The van der Waals surface area contributed by atoms with Gasteiger partial charge in [-0.05, 0) is 18.1 Å². The first kappa shape index (κ1) is 14.4. The van der Waals surface area contributed by atoms with Crippen LogP contribution in [-0.4, -0.2) is 31.0 Å². The van der Waals surface area contributed by atoms with E-state index < -0.39 is 0 Å². The summed E-state index contributed by atoms with van der Waals surface area (Å²) in [5.74, 6) is 0.0951. The van der Waals surface area contributed by atoms with Crippen molar-refractivity contribution in [1.29, 1.82) is 0 Å². The van der Waals surface area contributed by atoms with E-state index >= 15 is 0 Å². The molecule has 0 unspecified atom stereocenters. The Balaban J connectivity index is 2.66. The fourth-order valence-electron chi connectivity index (χ4n) is 1.85. The monoisotopic (exact) mass is 244 g/mol. The zero-order chi connectivity index (χ0) is 13.8. The maximum Gasteiger partial charge on any atom is 0.340 e. The van der Waals surface area contributed by atoms with Crippen molar-refractivity contribution in [3.05, 3.63) is 54.1 Å². The number of quaternary nitrogens is 1. The lowest BCUT2D eigenvalue weighted by Gasteiger charge is -2.26. The van der Waals surface area contributed by atoms with Crippen molar-refractivity contribution in [2.75, 3.05) is 20.6 Å². The lowest BCUT2D eigenvalue weighted by molar-refractivity contribution is -0.811. The summed E-state index contributed by atoms with van der Waals surface area (Å²) >= 11 is 0. The molecule has 0 aliphatic rings. The smallest absolute Gasteiger partial charge is 0.261 e. The van der Waals surface area contributed by atoms with Gasteiger partial charge in [0.2, 0.25) is 0 Å². The predicted molar refractivity (Wildman–Crippen MR) is 77.0 cm³/mol. The molecular formula is C16H22NO+. The first-order chi connectivity index (χ1) is 8.36. The molecule has 0 radical (unpaired) electrons. The van der Waals surface area contributed by atoms with Crippen molar-refractivity contribution in [3.8, 4) is 0 Å². The second-order valence-electron chi connectivity index (χ2n) is 5.19. The maximum atomic E-state index is 11.9. The minimum atomic E-state index is 0.0951. The van der Waals surface area contributed by atoms with Gasteiger partial charge >= 0.3 is 5.91 Å². The predicted octanol–water partition coefficient (Wildman–Crippen LogP) is 3.05. The fraction of sp³-hybridized carbons (Fsp3) is 0.312. The molecule has 0 N–H and O–H groups in total. The van der Waals surface area contributed by atoms with E-state index in [1.807, 2.05) is 32.3 Å². The van der Waals surface area contributed by atoms with Crippen molar-refractivity contribution < 1.29 is 9.28 Å². The molecule has 1 rings (SSSR count). The van der Waals surface area contributed by atoms with Gasteiger partial charge in [-0.2, -0.15) is 0 Å². The molecule has 1 aromatic carbocycles. The van der Waals surface area contributed by atoms with Crippen molar-refractivity contribution in [3.63, 3.8) is 0 Å². The van der Waals surface area contributed by atoms with Crippen LogP contribution >= 0.6 is 0 Å². The minimum absolute atomic E-state index is 0.0951. The van der Waals surface area contributed by atoms with Gasteiger partial charge in [0, 0.05) is 12.0 Å². The van der Waals surface area contributed by atoms with E-state index in [-0.39, 0.29) is 5.91 Å². The van der Waals surface area contributed by atoms with Gasteiger partial charge in [0.15, 0.2) is 0 Å². The molecule has 2 nitrogen and oxygen atoms in total. The van der Waals surface area contributed by atoms with Crippen molar-refractivity contribution >= 4 is 12.0 Å². The standard InChI is InChI=1S/C16H22NO/c1-6-14-7-9-15(10-8-14)11-12-17(4,5)16(18)13(2)3/h6-10H,1-2,11-12H2,3-5H3/q+1. The van der Waals surface area contributed by atoms with Gasteiger partial charge in [-0.1, -0.05) is 43.5 Å². The summed E-state index contributed by atoms with van der Waals surface area (Å²) in [7, 11) is 3.85. The lowest BCUT2D eigenvalue weighted by atomic mass is 10.1. The molecule has 0 spiro atoms. The number of rotatable bonds is 5. The Morgan fingerprint density at radius 2 is 1.83 bits per heavy atom. The lowest BCUT2D eigenvalue weighted by Crippen LogP contribution is -2.47. The molecule has 0 saturated carbocycles. The molecule has 0 saturated heterocycles. The molecule has 0 atom stereocenters. The van der Waals surface area contributed by atoms with Crippen LogP contribution in [0.2, 0.25) is 0 Å². The number of amides is 1. The fourth-order valence-corrected chi connectivity index (χ4v) is 1.85. The quantitative estimate of drug-likeness (QED) is 0.575. The highest BCUT2D eigenvalue weighted by Crippen LogP contribution is 2.10. The topological polar surface area (TPSA) is 17.1 Å². The molecule has 2 heteroatoms. The van der Waals surface area contributed by atoms with E-state index in [0.717, 1.165) is 18.5 Å². The average Bonchev–Trinajstić information content (AvgIpc) is 2.36. The molecule has 0 bridgehead atoms. The van der Waals surface area contributed by atoms with Crippen LogP contribution in [0.5, 0.6) is 0 Å². The number of carbonyl (C=O) groups is 1. The Bertz CT molecular complexity index is 454. The summed E-state index contributed by atoms with van der Waals surface area (Å²) in [5.41, 5.74) is 2.97. The first-order valence-corrected chi connectivity index (χ1v) is 6.11. The number of benzene rings is 1. The largest absolute Gasteiger partial charge is 0.340 e. The van der Waals surface area contributed by atoms with Crippen LogP contribution in [0.4, 0.5) is 0 Å². The van der Waals surface area contributed by atoms with Crippen molar-refractivity contribution in [2.24, 2.45) is 0 Å². The maximum absolute atomic E-state index is 11.9. The minimum Gasteiger partial charge on any atom is -0.261 e. The van der Waals surface area contributed by atoms with Crippen LogP contribution in [0.15, 0.2) is 43.0 Å². The summed E-state index contributed by atoms with van der Waals surface area (Å²) < 4.78 is 0.346. The Hall–Kier alpha value is -1.67. The van der Waals surface area contributed by atoms with Gasteiger partial charge < -0.3 is 0 Å². The third kappa shape index (κ3) is 3.67. The van der Waals surface area contributed by atoms with Gasteiger partial charge in [0.25, 0.3) is 0 Å². The Labute approximate surface area is 110 Å². The molecule has 1 aromatic rings. The van der Waals surface area contributed by atoms with Gasteiger partial charge in [-0.15, -0.1) is 0 Å². The van der Waals surface area contributed by atoms with Crippen molar-refractivity contribution in [1.82, 2.24) is 0 Å². The van der Waals surface area contributed by atoms with Crippen LogP contribution in [0, 0.1) is 0 Å². The molecular weight excluding hydrogens is 222 g/mol. The van der Waals surface area contributed by atoms with Gasteiger partial charge in [-0.3, -0.25) is 4.48 Å². The highest BCUT2D eigenvalue weighted by Gasteiger charge is 2.26. The van der Waals surface area contributed by atoms with E-state index in [0.29, 0.717) is 10.1 Å². The van der Waals surface area contributed by atoms with Crippen LogP contribution < -0.4 is 0 Å². The van der Waals surface area contributed by atoms with E-state index in [9.17, 15) is 4.79 Å². The van der Waals surface area contributed by atoms with Gasteiger partial charge in [-0.25, -0.2) is 4.79 Å². The number of carbonyl (C=O) groups excluding carboxylic acids is 1. The van der Waals surface area contributed by atoms with Crippen LogP contribution in [-0.2, 0) is 11.2 Å². The zero-order valence-corrected chi connectivity index (χ0v) is 11.6. The van der Waals surface area contributed by atoms with Crippen molar-refractivity contribution in [2.45, 2.75) is 13.3 Å². The molecule has 18 heavy (non-hydrogen) atoms. The summed E-state index contributed by atoms with van der Waals surface area (Å²) in [6.45, 7) is 10.00. The van der Waals surface area contributed by atoms with Crippen LogP contribution in [0.3, 0.4) is 0 Å². The Morgan fingerprint density at radius 1 is 1.28 bits per heavy atom. The normalized spacial score (nSPS) is 11.1. The van der Waals surface area contributed by atoms with E-state index in [4.69, 9.17) is 0 Å². The Morgan fingerprint density at radius 3 is 2.28 bits per heavy atom. The SMILES string of the molecule is C=Cc1ccc(CC[N+](C)(C)C(=O)C(=C)C)cc1. The number of hydrogen-bond acceptors (Lipinski definition) is 1. The van der Waals surface area contributed by atoms with Gasteiger partial charge in [0.1, 0.15) is 0 Å². The highest BCUT2D eigenvalue weighted by molar-refractivity contribution is 5.86. The first-order valence-electron chi connectivity index (χ1n) is 6.11. The van der Waals surface area contributed by atoms with E-state index in [1.165, 1.54) is 5.56 Å². The summed E-state index contributed by atoms with van der Waals surface area (Å²) in [6, 6.07) is 8.26. The van der Waals surface area contributed by atoms with Gasteiger partial charge in [0.05, 0.1) is 20.6 Å². The molecule has 0 fully saturated rings. The third-order valence-corrected chi connectivity index (χ3v) is 3.09. The molecule has 0 aromatic heterocycles. The molecule has 0 heterocycles. The summed E-state index contributed by atoms with van der Waals surface area (Å²) in [6.07, 6.45) is 2.71. The Kier molecular flexibility index (Phi) is 4.62. The number of likely N-dealkylation sites (N-methyl/N-ethyl adjacent to an activating group) is 1. The summed E-state index contributed by atoms with van der Waals surface area (Å²) in [4.78, 5) is 11.9. The van der Waals surface area contributed by atoms with Crippen LogP contribution in [0.1, 0.15) is 18.1 Å². The van der Waals surface area contributed by atoms with E-state index in [1.54, 1.807) is 6.92 Å². The highest BCUT2D eigenvalue weighted by atomic mass is 16.2. The molecule has 0 aliphatic carbocycles. The van der Waals surface area contributed by atoms with Crippen LogP contribution in [0.25, 0.3) is 6.08 Å². The number of hydrogen-bond donors (Lipinski definition) is 0. The number of nitrogens with zero attached hydrogens (tertiary/aromatic N) is 1. The molecule has 96 valence electrons. The molecule has 0 aliphatic heterocycles. The average molecular weight is 244 g/mol. The zero-order valence-electron chi connectivity index (χ0n) is 11.6. The van der Waals surface area contributed by atoms with E-state index in [2.05, 4.69) is 25.3 Å². The third-order valence-electron chi connectivity index (χ3n) is 3.09. The summed E-state index contributed by atoms with van der Waals surface area (Å²) in [5, 5.41) is 0.